The van der Waals surface area contributed by atoms with Gasteiger partial charge in [0, 0.05) is 10.7 Å². The molecule has 2 aromatic rings. The number of anilines is 2. The standard InChI is InChI=1S/C14H9ClN4/c1-9-2-3-11(8-17)14(18-9)19-13-6-12(15)5-4-10(13)7-16/h2-6H,1H3,(H,18,19). The summed E-state index contributed by atoms with van der Waals surface area (Å²) in [7, 11) is 0. The number of aryl methyl sites for hydroxylation is 1. The van der Waals surface area contributed by atoms with Crippen LogP contribution >= 0.6 is 11.6 Å². The Bertz CT molecular complexity index is 649. The van der Waals surface area contributed by atoms with Gasteiger partial charge in [-0.3, -0.25) is 0 Å². The van der Waals surface area contributed by atoms with Crippen LogP contribution in [0.15, 0.2) is 30.3 Å². The summed E-state index contributed by atoms with van der Waals surface area (Å²) in [5, 5.41) is 21.6. The third kappa shape index (κ3) is 2.82. The molecule has 92 valence electrons. The molecule has 1 N–H and O–H groups in total. The van der Waals surface area contributed by atoms with Crippen LogP contribution in [0.25, 0.3) is 0 Å². The largest absolute Gasteiger partial charge is 0.338 e. The van der Waals surface area contributed by atoms with Gasteiger partial charge in [0.15, 0.2) is 0 Å². The maximum atomic E-state index is 9.05. The molecule has 0 saturated heterocycles. The van der Waals surface area contributed by atoms with Crippen LogP contribution in [-0.2, 0) is 0 Å². The van der Waals surface area contributed by atoms with Crippen molar-refractivity contribution in [3.8, 4) is 12.1 Å². The smallest absolute Gasteiger partial charge is 0.148 e. The number of hydrogen-bond acceptors (Lipinski definition) is 4. The lowest BCUT2D eigenvalue weighted by atomic mass is 10.2. The van der Waals surface area contributed by atoms with Crippen molar-refractivity contribution in [2.24, 2.45) is 0 Å². The van der Waals surface area contributed by atoms with E-state index in [9.17, 15) is 0 Å². The predicted molar refractivity (Wildman–Crippen MR) is 73.1 cm³/mol. The van der Waals surface area contributed by atoms with Gasteiger partial charge >= 0.3 is 0 Å². The van der Waals surface area contributed by atoms with E-state index >= 15 is 0 Å². The number of halogens is 1. The summed E-state index contributed by atoms with van der Waals surface area (Å²) in [6.45, 7) is 1.83. The average molecular weight is 269 g/mol. The Morgan fingerprint density at radius 1 is 1.11 bits per heavy atom. The lowest BCUT2D eigenvalue weighted by molar-refractivity contribution is 1.19. The predicted octanol–water partition coefficient (Wildman–Crippen LogP) is 3.53. The van der Waals surface area contributed by atoms with Gasteiger partial charge in [-0.1, -0.05) is 11.6 Å². The number of benzene rings is 1. The molecule has 1 aromatic heterocycles. The Balaban J connectivity index is 2.48. The summed E-state index contributed by atoms with van der Waals surface area (Å²) in [6, 6.07) is 12.4. The molecule has 0 radical (unpaired) electrons. The van der Waals surface area contributed by atoms with Gasteiger partial charge in [0.05, 0.1) is 16.8 Å². The van der Waals surface area contributed by atoms with Crippen molar-refractivity contribution in [2.45, 2.75) is 6.92 Å². The highest BCUT2D eigenvalue weighted by molar-refractivity contribution is 6.30. The van der Waals surface area contributed by atoms with E-state index < -0.39 is 0 Å². The first kappa shape index (κ1) is 12.9. The van der Waals surface area contributed by atoms with Crippen molar-refractivity contribution in [3.63, 3.8) is 0 Å². The maximum Gasteiger partial charge on any atom is 0.148 e. The Morgan fingerprint density at radius 2 is 1.79 bits per heavy atom. The number of nitrogens with one attached hydrogen (secondary N) is 1. The first-order chi connectivity index (χ1) is 9.13. The Morgan fingerprint density at radius 3 is 2.47 bits per heavy atom. The highest BCUT2D eigenvalue weighted by Crippen LogP contribution is 2.25. The quantitative estimate of drug-likeness (QED) is 0.904. The van der Waals surface area contributed by atoms with Gasteiger partial charge in [-0.15, -0.1) is 0 Å². The Labute approximate surface area is 115 Å². The minimum absolute atomic E-state index is 0.412. The van der Waals surface area contributed by atoms with E-state index in [2.05, 4.69) is 22.4 Å². The molecule has 0 unspecified atom stereocenters. The fourth-order valence-corrected chi connectivity index (χ4v) is 1.76. The Hall–Kier alpha value is -2.56. The molecular formula is C14H9ClN4. The molecule has 0 saturated carbocycles. The summed E-state index contributed by atoms with van der Waals surface area (Å²) in [5.41, 5.74) is 2.16. The monoisotopic (exact) mass is 268 g/mol. The van der Waals surface area contributed by atoms with Crippen molar-refractivity contribution in [1.82, 2.24) is 4.98 Å². The minimum atomic E-state index is 0.412. The van der Waals surface area contributed by atoms with Gasteiger partial charge in [0.2, 0.25) is 0 Å². The minimum Gasteiger partial charge on any atom is -0.338 e. The molecule has 0 spiro atoms. The highest BCUT2D eigenvalue weighted by Gasteiger charge is 2.08. The molecular weight excluding hydrogens is 260 g/mol. The lowest BCUT2D eigenvalue weighted by Gasteiger charge is -2.09. The van der Waals surface area contributed by atoms with Gasteiger partial charge in [-0.25, -0.2) is 4.98 Å². The van der Waals surface area contributed by atoms with Crippen LogP contribution in [-0.4, -0.2) is 4.98 Å². The van der Waals surface area contributed by atoms with Crippen LogP contribution in [0.3, 0.4) is 0 Å². The molecule has 1 heterocycles. The normalized spacial score (nSPS) is 9.47. The number of pyridine rings is 1. The van der Waals surface area contributed by atoms with Crippen molar-refractivity contribution in [2.75, 3.05) is 5.32 Å². The zero-order valence-electron chi connectivity index (χ0n) is 10.1. The maximum absolute atomic E-state index is 9.05. The van der Waals surface area contributed by atoms with Gasteiger partial charge in [0.1, 0.15) is 18.0 Å². The number of aromatic nitrogens is 1. The second-order valence-electron chi connectivity index (χ2n) is 3.89. The van der Waals surface area contributed by atoms with Crippen molar-refractivity contribution in [3.05, 3.63) is 52.2 Å². The molecule has 0 fully saturated rings. The van der Waals surface area contributed by atoms with Crippen molar-refractivity contribution < 1.29 is 0 Å². The van der Waals surface area contributed by atoms with E-state index in [1.807, 2.05) is 6.92 Å². The molecule has 2 rings (SSSR count). The summed E-state index contributed by atoms with van der Waals surface area (Å²) < 4.78 is 0. The number of nitriles is 2. The van der Waals surface area contributed by atoms with E-state index in [-0.39, 0.29) is 0 Å². The van der Waals surface area contributed by atoms with Crippen LogP contribution in [0, 0.1) is 29.6 Å². The SMILES string of the molecule is Cc1ccc(C#N)c(Nc2cc(Cl)ccc2C#N)n1. The molecule has 0 aliphatic rings. The molecule has 0 amide bonds. The van der Waals surface area contributed by atoms with Gasteiger partial charge in [-0.2, -0.15) is 10.5 Å². The molecule has 19 heavy (non-hydrogen) atoms. The molecule has 0 atom stereocenters. The molecule has 0 aliphatic carbocycles. The van der Waals surface area contributed by atoms with E-state index in [4.69, 9.17) is 22.1 Å². The van der Waals surface area contributed by atoms with Gasteiger partial charge < -0.3 is 5.32 Å². The van der Waals surface area contributed by atoms with E-state index in [1.165, 1.54) is 0 Å². The zero-order valence-corrected chi connectivity index (χ0v) is 10.9. The fraction of sp³-hybridized carbons (Fsp3) is 0.0714. The summed E-state index contributed by atoms with van der Waals surface area (Å²) in [4.78, 5) is 4.26. The first-order valence-corrected chi connectivity index (χ1v) is 5.86. The van der Waals surface area contributed by atoms with Crippen molar-refractivity contribution in [1.29, 1.82) is 10.5 Å². The van der Waals surface area contributed by atoms with Crippen molar-refractivity contribution >= 4 is 23.1 Å². The summed E-state index contributed by atoms with van der Waals surface area (Å²) >= 11 is 5.91. The lowest BCUT2D eigenvalue weighted by Crippen LogP contribution is -2.00. The van der Waals surface area contributed by atoms with Crippen LogP contribution < -0.4 is 5.32 Å². The van der Waals surface area contributed by atoms with Crippen LogP contribution in [0.1, 0.15) is 16.8 Å². The third-order valence-corrected chi connectivity index (χ3v) is 2.75. The first-order valence-electron chi connectivity index (χ1n) is 5.48. The second-order valence-corrected chi connectivity index (χ2v) is 4.32. The van der Waals surface area contributed by atoms with Gasteiger partial charge in [0.25, 0.3) is 0 Å². The van der Waals surface area contributed by atoms with Crippen LogP contribution in [0.5, 0.6) is 0 Å². The number of hydrogen-bond donors (Lipinski definition) is 1. The summed E-state index contributed by atoms with van der Waals surface area (Å²) in [5.74, 6) is 0.418. The Kier molecular flexibility index (Phi) is 3.66. The number of rotatable bonds is 2. The van der Waals surface area contributed by atoms with Crippen LogP contribution in [0.4, 0.5) is 11.5 Å². The second kappa shape index (κ2) is 5.39. The highest BCUT2D eigenvalue weighted by atomic mass is 35.5. The van der Waals surface area contributed by atoms with E-state index in [0.717, 1.165) is 5.69 Å². The third-order valence-electron chi connectivity index (χ3n) is 2.51. The molecule has 0 aliphatic heterocycles. The summed E-state index contributed by atoms with van der Waals surface area (Å²) in [6.07, 6.45) is 0. The fourth-order valence-electron chi connectivity index (χ4n) is 1.59. The molecule has 5 heteroatoms. The zero-order chi connectivity index (χ0) is 13.8. The topological polar surface area (TPSA) is 72.5 Å². The number of nitrogens with zero attached hydrogens (tertiary/aromatic N) is 3. The van der Waals surface area contributed by atoms with E-state index in [1.54, 1.807) is 30.3 Å². The molecule has 1 aromatic carbocycles. The van der Waals surface area contributed by atoms with Crippen LogP contribution in [0.2, 0.25) is 5.02 Å². The molecule has 0 bridgehead atoms. The van der Waals surface area contributed by atoms with Gasteiger partial charge in [-0.05, 0) is 37.3 Å². The molecule has 4 nitrogen and oxygen atoms in total. The van der Waals surface area contributed by atoms with E-state index in [0.29, 0.717) is 27.7 Å². The average Bonchev–Trinajstić information content (AvgIpc) is 2.39.